The smallest absolute Gasteiger partial charge is 0.335 e. The lowest BCUT2D eigenvalue weighted by molar-refractivity contribution is 0.0696. The fraction of sp³-hybridized carbons (Fsp3) is 0.100. The monoisotopic (exact) mass is 380 g/mol. The molecule has 4 nitrogen and oxygen atoms in total. The summed E-state index contributed by atoms with van der Waals surface area (Å²) in [5, 5.41) is 20.4. The largest absolute Gasteiger partial charge is 0.478 e. The van der Waals surface area contributed by atoms with Crippen molar-refractivity contribution in [1.82, 2.24) is 0 Å². The number of carbonyl (C=O) groups is 1. The van der Waals surface area contributed by atoms with Crippen LogP contribution in [0.5, 0.6) is 0 Å². The standard InChI is InChI=1S/C20H16N2O2S2/c1-2-14-6-7-15(20(23)24)11-19(14)26-22-17-10-13(12-21)5-8-16(17)18-4-3-9-25-18/h3-11,22H,2H2,1H3,(H,23,24). The predicted molar refractivity (Wildman–Crippen MR) is 107 cm³/mol. The maximum Gasteiger partial charge on any atom is 0.335 e. The van der Waals surface area contributed by atoms with Gasteiger partial charge in [0, 0.05) is 15.3 Å². The van der Waals surface area contributed by atoms with Crippen molar-refractivity contribution in [2.24, 2.45) is 0 Å². The zero-order valence-electron chi connectivity index (χ0n) is 14.0. The summed E-state index contributed by atoms with van der Waals surface area (Å²) in [7, 11) is 0. The SMILES string of the molecule is CCc1ccc(C(=O)O)cc1SNc1cc(C#N)ccc1-c1cccs1. The van der Waals surface area contributed by atoms with Gasteiger partial charge in [-0.1, -0.05) is 25.1 Å². The fourth-order valence-corrected chi connectivity index (χ4v) is 4.21. The van der Waals surface area contributed by atoms with Gasteiger partial charge in [0.15, 0.2) is 0 Å². The van der Waals surface area contributed by atoms with Gasteiger partial charge in [0.1, 0.15) is 0 Å². The van der Waals surface area contributed by atoms with Crippen molar-refractivity contribution in [1.29, 1.82) is 5.26 Å². The van der Waals surface area contributed by atoms with E-state index in [4.69, 9.17) is 0 Å². The van der Waals surface area contributed by atoms with Crippen LogP contribution < -0.4 is 4.72 Å². The Hall–Kier alpha value is -2.75. The van der Waals surface area contributed by atoms with Gasteiger partial charge < -0.3 is 9.83 Å². The van der Waals surface area contributed by atoms with E-state index >= 15 is 0 Å². The van der Waals surface area contributed by atoms with Crippen LogP contribution in [0.3, 0.4) is 0 Å². The molecule has 3 rings (SSSR count). The predicted octanol–water partition coefficient (Wildman–Crippen LogP) is 5.67. The summed E-state index contributed by atoms with van der Waals surface area (Å²) < 4.78 is 3.31. The molecule has 0 amide bonds. The van der Waals surface area contributed by atoms with Gasteiger partial charge in [-0.2, -0.15) is 5.26 Å². The van der Waals surface area contributed by atoms with Crippen LogP contribution in [0.4, 0.5) is 5.69 Å². The number of nitrogens with zero attached hydrogens (tertiary/aromatic N) is 1. The molecule has 0 spiro atoms. The summed E-state index contributed by atoms with van der Waals surface area (Å²) >= 11 is 3.00. The number of rotatable bonds is 6. The van der Waals surface area contributed by atoms with E-state index in [0.29, 0.717) is 5.56 Å². The van der Waals surface area contributed by atoms with Crippen molar-refractivity contribution in [3.05, 3.63) is 70.6 Å². The van der Waals surface area contributed by atoms with Crippen molar-refractivity contribution in [3.63, 3.8) is 0 Å². The molecule has 0 radical (unpaired) electrons. The van der Waals surface area contributed by atoms with Gasteiger partial charge in [0.05, 0.1) is 22.9 Å². The van der Waals surface area contributed by atoms with Gasteiger partial charge in [-0.25, -0.2) is 4.79 Å². The second-order valence-corrected chi connectivity index (χ2v) is 7.33. The molecule has 2 N–H and O–H groups in total. The number of carboxylic acid groups (broad SMARTS) is 1. The Morgan fingerprint density at radius 3 is 2.77 bits per heavy atom. The minimum Gasteiger partial charge on any atom is -0.478 e. The molecule has 130 valence electrons. The van der Waals surface area contributed by atoms with Gasteiger partial charge in [0.2, 0.25) is 0 Å². The molecule has 0 aliphatic carbocycles. The molecule has 0 saturated carbocycles. The maximum atomic E-state index is 11.3. The molecule has 0 fully saturated rings. The number of aromatic carboxylic acids is 1. The maximum absolute atomic E-state index is 11.3. The van der Waals surface area contributed by atoms with Gasteiger partial charge in [0.25, 0.3) is 0 Å². The van der Waals surface area contributed by atoms with E-state index in [-0.39, 0.29) is 5.56 Å². The first-order valence-electron chi connectivity index (χ1n) is 7.99. The van der Waals surface area contributed by atoms with E-state index < -0.39 is 5.97 Å². The average Bonchev–Trinajstić information content (AvgIpc) is 3.20. The number of carboxylic acids is 1. The van der Waals surface area contributed by atoms with E-state index in [1.165, 1.54) is 11.9 Å². The number of hydrogen-bond acceptors (Lipinski definition) is 5. The van der Waals surface area contributed by atoms with Gasteiger partial charge in [-0.15, -0.1) is 11.3 Å². The molecule has 0 atom stereocenters. The molecule has 0 aliphatic heterocycles. The first kappa shape index (κ1) is 18.1. The zero-order chi connectivity index (χ0) is 18.5. The van der Waals surface area contributed by atoms with Crippen molar-refractivity contribution in [3.8, 4) is 16.5 Å². The summed E-state index contributed by atoms with van der Waals surface area (Å²) in [5.74, 6) is -0.944. The zero-order valence-corrected chi connectivity index (χ0v) is 15.7. The molecule has 26 heavy (non-hydrogen) atoms. The van der Waals surface area contributed by atoms with Crippen LogP contribution in [0, 0.1) is 11.3 Å². The highest BCUT2D eigenvalue weighted by molar-refractivity contribution is 8.00. The van der Waals surface area contributed by atoms with Crippen LogP contribution in [0.15, 0.2) is 58.8 Å². The minimum atomic E-state index is -0.944. The summed E-state index contributed by atoms with van der Waals surface area (Å²) in [5.41, 5.74) is 3.75. The van der Waals surface area contributed by atoms with Crippen molar-refractivity contribution >= 4 is 34.9 Å². The number of nitrogens with one attached hydrogen (secondary N) is 1. The molecule has 2 aromatic carbocycles. The Morgan fingerprint density at radius 2 is 2.12 bits per heavy atom. The topological polar surface area (TPSA) is 73.1 Å². The van der Waals surface area contributed by atoms with Crippen molar-refractivity contribution < 1.29 is 9.90 Å². The second-order valence-electron chi connectivity index (χ2n) is 5.53. The number of thiophene rings is 1. The first-order valence-corrected chi connectivity index (χ1v) is 9.69. The van der Waals surface area contributed by atoms with Gasteiger partial charge >= 0.3 is 5.97 Å². The van der Waals surface area contributed by atoms with Crippen molar-refractivity contribution in [2.75, 3.05) is 4.72 Å². The molecule has 0 aliphatic rings. The van der Waals surface area contributed by atoms with E-state index in [1.54, 1.807) is 29.5 Å². The summed E-state index contributed by atoms with van der Waals surface area (Å²) in [4.78, 5) is 13.2. The Kier molecular flexibility index (Phi) is 5.61. The van der Waals surface area contributed by atoms with Crippen LogP contribution >= 0.6 is 23.3 Å². The van der Waals surface area contributed by atoms with E-state index in [0.717, 1.165) is 33.0 Å². The fourth-order valence-electron chi connectivity index (χ4n) is 2.53. The molecule has 1 heterocycles. The quantitative estimate of drug-likeness (QED) is 0.539. The number of benzene rings is 2. The highest BCUT2D eigenvalue weighted by Crippen LogP contribution is 2.35. The van der Waals surface area contributed by atoms with Crippen LogP contribution in [-0.4, -0.2) is 11.1 Å². The number of hydrogen-bond donors (Lipinski definition) is 2. The molecule has 1 aromatic heterocycles. The summed E-state index contributed by atoms with van der Waals surface area (Å²) in [6.45, 7) is 2.03. The molecule has 0 unspecified atom stereocenters. The Bertz CT molecular complexity index is 976. The lowest BCUT2D eigenvalue weighted by Crippen LogP contribution is -1.99. The van der Waals surface area contributed by atoms with E-state index in [2.05, 4.69) is 10.8 Å². The lowest BCUT2D eigenvalue weighted by Gasteiger charge is -2.13. The minimum absolute atomic E-state index is 0.260. The van der Waals surface area contributed by atoms with E-state index in [9.17, 15) is 15.2 Å². The Morgan fingerprint density at radius 1 is 1.27 bits per heavy atom. The van der Waals surface area contributed by atoms with Crippen LogP contribution in [0.25, 0.3) is 10.4 Å². The van der Waals surface area contributed by atoms with E-state index in [1.807, 2.05) is 42.6 Å². The third-order valence-electron chi connectivity index (χ3n) is 3.90. The molecular formula is C20H16N2O2S2. The normalized spacial score (nSPS) is 10.3. The van der Waals surface area contributed by atoms with Gasteiger partial charge in [-0.3, -0.25) is 0 Å². The molecule has 6 heteroatoms. The molecule has 3 aromatic rings. The average molecular weight is 380 g/mol. The Labute approximate surface area is 160 Å². The Balaban J connectivity index is 1.94. The van der Waals surface area contributed by atoms with Crippen molar-refractivity contribution in [2.45, 2.75) is 18.2 Å². The van der Waals surface area contributed by atoms with Crippen LogP contribution in [-0.2, 0) is 6.42 Å². The third kappa shape index (κ3) is 3.90. The number of anilines is 1. The first-order chi connectivity index (χ1) is 12.6. The molecule has 0 saturated heterocycles. The third-order valence-corrected chi connectivity index (χ3v) is 5.73. The molecular weight excluding hydrogens is 364 g/mol. The second kappa shape index (κ2) is 8.09. The van der Waals surface area contributed by atoms with Crippen LogP contribution in [0.1, 0.15) is 28.4 Å². The summed E-state index contributed by atoms with van der Waals surface area (Å²) in [6, 6.07) is 16.9. The number of aryl methyl sites for hydroxylation is 1. The highest BCUT2D eigenvalue weighted by Gasteiger charge is 2.11. The van der Waals surface area contributed by atoms with Gasteiger partial charge in [-0.05, 0) is 59.6 Å². The highest BCUT2D eigenvalue weighted by atomic mass is 32.2. The lowest BCUT2D eigenvalue weighted by atomic mass is 10.1. The van der Waals surface area contributed by atoms with Crippen LogP contribution in [0.2, 0.25) is 0 Å². The molecule has 0 bridgehead atoms. The summed E-state index contributed by atoms with van der Waals surface area (Å²) in [6.07, 6.45) is 0.805. The number of nitriles is 1.